The van der Waals surface area contributed by atoms with Crippen LogP contribution in [0.1, 0.15) is 30.1 Å². The first-order valence-corrected chi connectivity index (χ1v) is 9.49. The van der Waals surface area contributed by atoms with Gasteiger partial charge in [0, 0.05) is 0 Å². The predicted octanol–water partition coefficient (Wildman–Crippen LogP) is 1.35. The Labute approximate surface area is 156 Å². The zero-order valence-corrected chi connectivity index (χ0v) is 16.7. The number of amides is 2. The number of nitrogens with one attached hydrogen (secondary N) is 2. The van der Waals surface area contributed by atoms with E-state index in [4.69, 9.17) is 4.74 Å². The van der Waals surface area contributed by atoms with Crippen LogP contribution in [0.5, 0.6) is 0 Å². The molecule has 1 aromatic carbocycles. The van der Waals surface area contributed by atoms with E-state index in [2.05, 4.69) is 23.3 Å². The third kappa shape index (κ3) is 7.37. The maximum atomic E-state index is 12.2. The van der Waals surface area contributed by atoms with Gasteiger partial charge in [-0.2, -0.15) is 0 Å². The minimum absolute atomic E-state index is 0.0947. The molecule has 0 saturated heterocycles. The molecule has 1 rings (SSSR count). The molecular weight excluding hydrogens is 506 g/mol. The summed E-state index contributed by atoms with van der Waals surface area (Å²) in [7, 11) is 0. The van der Waals surface area contributed by atoms with Gasteiger partial charge >= 0.3 is 157 Å². The van der Waals surface area contributed by atoms with Gasteiger partial charge in [0.25, 0.3) is 0 Å². The van der Waals surface area contributed by atoms with Crippen LogP contribution in [0.25, 0.3) is 0 Å². The molecule has 2 N–H and O–H groups in total. The molecule has 0 radical (unpaired) electrons. The Morgan fingerprint density at radius 2 is 1.96 bits per heavy atom. The molecule has 0 fully saturated rings. The molecule has 8 heteroatoms. The van der Waals surface area contributed by atoms with Crippen LogP contribution in [0.3, 0.4) is 0 Å². The normalized spacial score (nSPS) is 11.3. The van der Waals surface area contributed by atoms with E-state index in [0.29, 0.717) is 24.3 Å². The number of carbonyl (C=O) groups is 3. The van der Waals surface area contributed by atoms with Crippen LogP contribution in [-0.4, -0.2) is 40.8 Å². The molecule has 2 amide bonds. The quantitative estimate of drug-likeness (QED) is 0.335. The molecule has 0 unspecified atom stereocenters. The number of anilines is 1. The van der Waals surface area contributed by atoms with Crippen molar-refractivity contribution >= 4 is 40.7 Å². The zero-order valence-electron chi connectivity index (χ0n) is 13.2. The molecule has 0 aromatic heterocycles. The van der Waals surface area contributed by atoms with Gasteiger partial charge in [-0.05, 0) is 0 Å². The van der Waals surface area contributed by atoms with Gasteiger partial charge in [-0.25, -0.2) is 0 Å². The summed E-state index contributed by atoms with van der Waals surface area (Å²) in [5.74, 6) is -0.626. The fraction of sp³-hybridized carbons (Fsp3) is 0.375. The number of benzene rings is 1. The fourth-order valence-corrected chi connectivity index (χ4v) is 2.54. The van der Waals surface area contributed by atoms with E-state index in [0.717, 1.165) is 0 Å². The van der Waals surface area contributed by atoms with Crippen LogP contribution >= 0.6 is 12.6 Å². The average Bonchev–Trinajstić information content (AvgIpc) is 2.59. The Morgan fingerprint density at radius 3 is 2.50 bits per heavy atom. The second kappa shape index (κ2) is 11.1. The van der Waals surface area contributed by atoms with E-state index in [9.17, 15) is 14.4 Å². The van der Waals surface area contributed by atoms with E-state index >= 15 is 0 Å². The monoisotopic (exact) mass is 528 g/mol. The molecule has 0 aliphatic carbocycles. The molecule has 0 aliphatic rings. The van der Waals surface area contributed by atoms with E-state index in [-0.39, 0.29) is 36.0 Å². The average molecular weight is 527 g/mol. The van der Waals surface area contributed by atoms with Crippen LogP contribution in [0.15, 0.2) is 24.3 Å². The van der Waals surface area contributed by atoms with E-state index in [1.54, 1.807) is 49.3 Å². The van der Waals surface area contributed by atoms with Crippen LogP contribution < -0.4 is 10.6 Å². The van der Waals surface area contributed by atoms with E-state index < -0.39 is 0 Å². The first kappa shape index (κ1) is 20.5. The van der Waals surface area contributed by atoms with Gasteiger partial charge in [0.2, 0.25) is 0 Å². The summed E-state index contributed by atoms with van der Waals surface area (Å²) in [5.41, 5.74) is 1.08. The first-order chi connectivity index (χ1) is 11.5. The van der Waals surface area contributed by atoms with E-state index in [1.807, 2.05) is 4.57 Å². The van der Waals surface area contributed by atoms with Crippen molar-refractivity contribution in [3.8, 4) is 0 Å². The number of carbonyl (C=O) groups excluding carboxylic acids is 3. The van der Waals surface area contributed by atoms with E-state index in [1.165, 1.54) is 0 Å². The van der Waals surface area contributed by atoms with Gasteiger partial charge in [-0.15, -0.1) is 0 Å². The molecule has 0 heterocycles. The third-order valence-electron chi connectivity index (χ3n) is 3.00. The molecule has 0 aliphatic heterocycles. The van der Waals surface area contributed by atoms with Crippen LogP contribution in [0, 0.1) is 0 Å². The van der Waals surface area contributed by atoms with Gasteiger partial charge in [0.05, 0.1) is 0 Å². The van der Waals surface area contributed by atoms with Gasteiger partial charge < -0.3 is 0 Å². The number of esters is 1. The number of thiol groups is 1. The summed E-state index contributed by atoms with van der Waals surface area (Å²) < 4.78 is 6.74. The molecule has 1 atom stereocenters. The van der Waals surface area contributed by atoms with Gasteiger partial charge in [-0.1, -0.05) is 0 Å². The summed E-state index contributed by atoms with van der Waals surface area (Å²) in [6.45, 7) is 2.11. The number of rotatable bonds is 9. The van der Waals surface area contributed by atoms with Crippen molar-refractivity contribution in [3.05, 3.63) is 29.8 Å². The Kier molecular flexibility index (Phi) is 9.51. The molecule has 6 nitrogen and oxygen atoms in total. The topological polar surface area (TPSA) is 84.5 Å². The minimum atomic E-state index is -0.272. The van der Waals surface area contributed by atoms with Crippen molar-refractivity contribution in [1.29, 1.82) is 0 Å². The Balaban J connectivity index is 2.57. The van der Waals surface area contributed by atoms with Gasteiger partial charge in [0.1, 0.15) is 0 Å². The SMILES string of the molecule is CCOC(=O)CC[C@H]([CH]=[Os])NC(=O)c1ccc(NC(=O)CS)cc1. The van der Waals surface area contributed by atoms with Crippen molar-refractivity contribution in [2.24, 2.45) is 0 Å². The van der Waals surface area contributed by atoms with Crippen molar-refractivity contribution < 1.29 is 37.3 Å². The number of hydrogen-bond donors (Lipinski definition) is 3. The van der Waals surface area contributed by atoms with Gasteiger partial charge in [0.15, 0.2) is 0 Å². The Morgan fingerprint density at radius 1 is 1.29 bits per heavy atom. The number of hydrogen-bond acceptors (Lipinski definition) is 5. The summed E-state index contributed by atoms with van der Waals surface area (Å²) in [6.07, 6.45) is 0.743. The molecular formula is C16H20N2O4OsS. The molecule has 24 heavy (non-hydrogen) atoms. The summed E-state index contributed by atoms with van der Waals surface area (Å²) in [4.78, 5) is 34.9. The zero-order chi connectivity index (χ0) is 17.9. The van der Waals surface area contributed by atoms with Gasteiger partial charge in [-0.3, -0.25) is 0 Å². The first-order valence-electron chi connectivity index (χ1n) is 7.39. The third-order valence-corrected chi connectivity index (χ3v) is 4.31. The standard InChI is InChI=1S/C16H20N2O4S.Os/c1-3-22-15(20)9-4-11(2)17-16(21)12-5-7-13(8-6-12)18-14(19)10-23;/h2,5-8,11,23H,3-4,9-10H2,1H3,(H,17,21)(H,18,19);/t11-;/m0./s1. The summed E-state index contributed by atoms with van der Waals surface area (Å²) in [6, 6.07) is 6.36. The van der Waals surface area contributed by atoms with Crippen molar-refractivity contribution in [2.45, 2.75) is 25.8 Å². The Bertz CT molecular complexity index is 592. The fourth-order valence-electron chi connectivity index (χ4n) is 1.82. The molecule has 0 spiro atoms. The molecule has 0 bridgehead atoms. The van der Waals surface area contributed by atoms with Crippen molar-refractivity contribution in [2.75, 3.05) is 17.7 Å². The van der Waals surface area contributed by atoms with Crippen LogP contribution in [-0.2, 0) is 32.5 Å². The maximum absolute atomic E-state index is 12.2. The molecule has 132 valence electrons. The van der Waals surface area contributed by atoms with Crippen molar-refractivity contribution in [1.82, 2.24) is 5.32 Å². The van der Waals surface area contributed by atoms with Crippen LogP contribution in [0.4, 0.5) is 5.69 Å². The summed E-state index contributed by atoms with van der Waals surface area (Å²) in [5, 5.41) is 5.51. The van der Waals surface area contributed by atoms with Crippen LogP contribution in [0.2, 0.25) is 0 Å². The molecule has 1 aromatic rings. The molecule has 0 saturated carbocycles. The number of ether oxygens (including phenoxy) is 1. The second-order valence-corrected chi connectivity index (χ2v) is 5.99. The van der Waals surface area contributed by atoms with Crippen molar-refractivity contribution in [3.63, 3.8) is 0 Å². The Hall–Kier alpha value is -1.51. The summed E-state index contributed by atoms with van der Waals surface area (Å²) >= 11 is 5.50. The predicted molar refractivity (Wildman–Crippen MR) is 92.1 cm³/mol. The second-order valence-electron chi connectivity index (χ2n) is 4.83.